The molecule has 6 unspecified atom stereocenters. The van der Waals surface area contributed by atoms with Gasteiger partial charge in [0, 0.05) is 43.4 Å². The van der Waals surface area contributed by atoms with E-state index in [0.29, 0.717) is 30.2 Å². The number of fused-ring (bicyclic) bond motifs is 1. The fourth-order valence-electron chi connectivity index (χ4n) is 6.13. The number of nitrogens with one attached hydrogen (secondary N) is 3. The third-order valence-corrected chi connectivity index (χ3v) is 8.25. The van der Waals surface area contributed by atoms with E-state index in [0.717, 1.165) is 65.0 Å². The first-order valence-corrected chi connectivity index (χ1v) is 11.9. The first kappa shape index (κ1) is 19.8. The molecule has 0 radical (unpaired) electrons. The molecular weight excluding hydrogens is 389 g/mol. The monoisotopic (exact) mass is 423 g/mol. The van der Waals surface area contributed by atoms with Gasteiger partial charge < -0.3 is 9.64 Å². The van der Waals surface area contributed by atoms with Crippen molar-refractivity contribution < 1.29 is 18.8 Å². The van der Waals surface area contributed by atoms with Crippen molar-refractivity contribution >= 4 is 5.91 Å². The summed E-state index contributed by atoms with van der Waals surface area (Å²) in [5.41, 5.74) is 6.63. The Hall–Kier alpha value is -0.840. The summed E-state index contributed by atoms with van der Waals surface area (Å²) in [5, 5.41) is 5.88. The number of amides is 1. The van der Waals surface area contributed by atoms with Gasteiger partial charge in [0.1, 0.15) is 12.4 Å². The van der Waals surface area contributed by atoms with Crippen molar-refractivity contribution in [3.63, 3.8) is 0 Å². The lowest BCUT2D eigenvalue weighted by atomic mass is 9.76. The van der Waals surface area contributed by atoms with E-state index in [1.165, 1.54) is 0 Å². The van der Waals surface area contributed by atoms with Crippen LogP contribution in [-0.4, -0.2) is 79.3 Å². The van der Waals surface area contributed by atoms with Crippen LogP contribution in [0, 0.1) is 23.7 Å². The average molecular weight is 424 g/mol. The number of rotatable bonds is 4. The van der Waals surface area contributed by atoms with E-state index < -0.39 is 6.17 Å². The van der Waals surface area contributed by atoms with Crippen LogP contribution in [0.4, 0.5) is 4.39 Å². The van der Waals surface area contributed by atoms with Crippen LogP contribution in [0.3, 0.4) is 0 Å². The fraction of sp³-hybridized carbons (Fsp3) is 0.952. The molecule has 4 saturated heterocycles. The van der Waals surface area contributed by atoms with Crippen molar-refractivity contribution in [3.05, 3.63) is 0 Å². The molecule has 8 nitrogen and oxygen atoms in total. The quantitative estimate of drug-likeness (QED) is 0.603. The summed E-state index contributed by atoms with van der Waals surface area (Å²) in [5.74, 6) is 1.32. The summed E-state index contributed by atoms with van der Waals surface area (Å²) in [7, 11) is 0. The molecule has 0 spiro atoms. The largest absolute Gasteiger partial charge is 0.378 e. The van der Waals surface area contributed by atoms with Crippen molar-refractivity contribution in [3.8, 4) is 0 Å². The van der Waals surface area contributed by atoms with E-state index in [2.05, 4.69) is 21.2 Å². The van der Waals surface area contributed by atoms with Crippen LogP contribution < -0.4 is 16.2 Å². The Morgan fingerprint density at radius 1 is 1.03 bits per heavy atom. The van der Waals surface area contributed by atoms with Gasteiger partial charge in [-0.15, -0.1) is 0 Å². The molecule has 4 aliphatic heterocycles. The molecule has 168 valence electrons. The lowest BCUT2D eigenvalue weighted by molar-refractivity contribution is -0.134. The van der Waals surface area contributed by atoms with E-state index in [-0.39, 0.29) is 30.3 Å². The molecule has 1 amide bonds. The van der Waals surface area contributed by atoms with Crippen LogP contribution >= 0.6 is 0 Å². The Balaban J connectivity index is 1.03. The molecule has 2 aliphatic carbocycles. The lowest BCUT2D eigenvalue weighted by Gasteiger charge is -2.43. The van der Waals surface area contributed by atoms with Gasteiger partial charge in [-0.05, 0) is 44.4 Å². The number of hydroxylamine groups is 1. The number of ether oxygens (including phenoxy) is 1. The summed E-state index contributed by atoms with van der Waals surface area (Å²) in [6.45, 7) is 3.89. The first-order chi connectivity index (χ1) is 14.7. The minimum absolute atomic E-state index is 0.0698. The van der Waals surface area contributed by atoms with Gasteiger partial charge in [-0.25, -0.2) is 9.40 Å². The fourth-order valence-corrected chi connectivity index (χ4v) is 6.13. The van der Waals surface area contributed by atoms with Crippen molar-refractivity contribution in [1.82, 2.24) is 26.1 Å². The molecule has 30 heavy (non-hydrogen) atoms. The van der Waals surface area contributed by atoms with Gasteiger partial charge in [0.15, 0.2) is 0 Å². The number of halogens is 1. The zero-order chi connectivity index (χ0) is 20.2. The van der Waals surface area contributed by atoms with Crippen LogP contribution in [0.25, 0.3) is 0 Å². The molecule has 9 heteroatoms. The summed E-state index contributed by atoms with van der Waals surface area (Å²) >= 11 is 0. The van der Waals surface area contributed by atoms with Gasteiger partial charge >= 0.3 is 0 Å². The molecule has 0 bridgehead atoms. The predicted molar refractivity (Wildman–Crippen MR) is 106 cm³/mol. The molecule has 0 aromatic carbocycles. The van der Waals surface area contributed by atoms with Crippen LogP contribution in [0.1, 0.15) is 38.5 Å². The number of hydrogen-bond acceptors (Lipinski definition) is 7. The number of carbonyl (C=O) groups is 1. The van der Waals surface area contributed by atoms with Crippen LogP contribution in [-0.2, 0) is 14.4 Å². The summed E-state index contributed by atoms with van der Waals surface area (Å²) < 4.78 is 20.4. The van der Waals surface area contributed by atoms with Gasteiger partial charge in [-0.3, -0.25) is 20.4 Å². The Kier molecular flexibility index (Phi) is 5.24. The topological polar surface area (TPSA) is 78.1 Å². The van der Waals surface area contributed by atoms with Crippen molar-refractivity contribution in [2.75, 3.05) is 32.8 Å². The van der Waals surface area contributed by atoms with Crippen LogP contribution in [0.5, 0.6) is 0 Å². The van der Waals surface area contributed by atoms with Crippen LogP contribution in [0.2, 0.25) is 0 Å². The van der Waals surface area contributed by atoms with E-state index >= 15 is 4.39 Å². The predicted octanol–water partition coefficient (Wildman–Crippen LogP) is 0.364. The molecule has 6 fully saturated rings. The Morgan fingerprint density at radius 2 is 1.83 bits per heavy atom. The standard InChI is InChI=1S/C21H34FN5O3/c22-17-7-14(8-18-16(17)9-23-27(18)15-10-29-11-15)20-24-19(25-30-20)12-3-5-26(6-4-12)21(28)13-1-2-13/h12-20,23-25H,1-11H2. The number of piperidine rings is 1. The van der Waals surface area contributed by atoms with Gasteiger partial charge in [-0.1, -0.05) is 0 Å². The number of likely N-dealkylation sites (tertiary alicyclic amines) is 1. The number of nitrogens with zero attached hydrogens (tertiary/aromatic N) is 2. The second kappa shape index (κ2) is 7.94. The number of alkyl halides is 1. The molecule has 2 saturated carbocycles. The third kappa shape index (κ3) is 3.57. The Morgan fingerprint density at radius 3 is 2.53 bits per heavy atom. The molecule has 0 aromatic rings. The molecule has 3 N–H and O–H groups in total. The van der Waals surface area contributed by atoms with Crippen molar-refractivity contribution in [1.29, 1.82) is 0 Å². The average Bonchev–Trinajstić information content (AvgIpc) is 3.30. The van der Waals surface area contributed by atoms with E-state index in [1.807, 2.05) is 4.90 Å². The second-order valence-corrected chi connectivity index (χ2v) is 10.2. The minimum atomic E-state index is -0.798. The lowest BCUT2D eigenvalue weighted by Crippen LogP contribution is -2.57. The van der Waals surface area contributed by atoms with E-state index in [1.54, 1.807) is 0 Å². The van der Waals surface area contributed by atoms with Crippen LogP contribution in [0.15, 0.2) is 0 Å². The normalized spacial score (nSPS) is 43.6. The highest BCUT2D eigenvalue weighted by Crippen LogP contribution is 2.40. The maximum Gasteiger partial charge on any atom is 0.225 e. The maximum atomic E-state index is 15.0. The number of hydrogen-bond donors (Lipinski definition) is 3. The third-order valence-electron chi connectivity index (χ3n) is 8.25. The molecule has 4 heterocycles. The smallest absolute Gasteiger partial charge is 0.225 e. The Labute approximate surface area is 177 Å². The SMILES string of the molecule is O=C(C1CC1)N1CCC(C2NOC(C3CC(F)C4CNN(C5COC5)C4C3)N2)CC1. The maximum absolute atomic E-state index is 15.0. The van der Waals surface area contributed by atoms with Gasteiger partial charge in [-0.2, -0.15) is 5.48 Å². The zero-order valence-electron chi connectivity index (χ0n) is 17.5. The van der Waals surface area contributed by atoms with Gasteiger partial charge in [0.2, 0.25) is 5.91 Å². The number of carbonyl (C=O) groups excluding carboxylic acids is 1. The number of hydrazine groups is 1. The molecule has 6 atom stereocenters. The highest BCUT2D eigenvalue weighted by molar-refractivity contribution is 5.81. The summed E-state index contributed by atoms with van der Waals surface area (Å²) in [6.07, 6.45) is 4.74. The Bertz CT molecular complexity index is 655. The van der Waals surface area contributed by atoms with Gasteiger partial charge in [0.05, 0.1) is 25.4 Å². The second-order valence-electron chi connectivity index (χ2n) is 10.2. The molecular formula is C21H34FN5O3. The zero-order valence-corrected chi connectivity index (χ0v) is 17.5. The minimum Gasteiger partial charge on any atom is -0.378 e. The summed E-state index contributed by atoms with van der Waals surface area (Å²) in [4.78, 5) is 20.3. The first-order valence-electron chi connectivity index (χ1n) is 11.9. The summed E-state index contributed by atoms with van der Waals surface area (Å²) in [6, 6.07) is 0.589. The molecule has 0 aromatic heterocycles. The van der Waals surface area contributed by atoms with Gasteiger partial charge in [0.25, 0.3) is 0 Å². The van der Waals surface area contributed by atoms with Crippen molar-refractivity contribution in [2.24, 2.45) is 23.7 Å². The highest BCUT2D eigenvalue weighted by atomic mass is 19.1. The van der Waals surface area contributed by atoms with E-state index in [4.69, 9.17) is 9.57 Å². The van der Waals surface area contributed by atoms with Crippen molar-refractivity contribution in [2.45, 2.75) is 69.2 Å². The molecule has 6 rings (SSSR count). The molecule has 6 aliphatic rings. The van der Waals surface area contributed by atoms with E-state index in [9.17, 15) is 4.79 Å². The highest BCUT2D eigenvalue weighted by Gasteiger charge is 2.51.